The van der Waals surface area contributed by atoms with Gasteiger partial charge in [0.15, 0.2) is 0 Å². The lowest BCUT2D eigenvalue weighted by molar-refractivity contribution is 0.607. The lowest BCUT2D eigenvalue weighted by Crippen LogP contribution is -2.40. The first-order valence-electron chi connectivity index (χ1n) is 4.24. The molecule has 1 rings (SSSR count). The van der Waals surface area contributed by atoms with Crippen molar-refractivity contribution in [1.29, 1.82) is 0 Å². The van der Waals surface area contributed by atoms with E-state index in [1.807, 2.05) is 0 Å². The minimum atomic E-state index is 0.405. The van der Waals surface area contributed by atoms with Gasteiger partial charge in [-0.25, -0.2) is 0 Å². The second-order valence-corrected chi connectivity index (χ2v) is 5.75. The summed E-state index contributed by atoms with van der Waals surface area (Å²) in [4.78, 5) is 0. The molecule has 0 aromatic carbocycles. The standard InChI is InChI=1S/C8H17NS2/c1-3-7(9)8-6(2)10-4-5-11-8/h6-8H,3-5,9H2,1-2H3/t6?,7-,8?/m0/s1. The number of hydrogen-bond donors (Lipinski definition) is 1. The van der Waals surface area contributed by atoms with Crippen LogP contribution < -0.4 is 5.73 Å². The van der Waals surface area contributed by atoms with Crippen molar-refractivity contribution in [3.8, 4) is 0 Å². The van der Waals surface area contributed by atoms with E-state index in [9.17, 15) is 0 Å². The third kappa shape index (κ3) is 2.56. The predicted octanol–water partition coefficient (Wildman–Crippen LogP) is 1.96. The van der Waals surface area contributed by atoms with Crippen LogP contribution in [0.5, 0.6) is 0 Å². The average molecular weight is 191 g/mol. The monoisotopic (exact) mass is 191 g/mol. The van der Waals surface area contributed by atoms with Crippen LogP contribution in [-0.4, -0.2) is 28.0 Å². The van der Waals surface area contributed by atoms with Crippen molar-refractivity contribution >= 4 is 23.5 Å². The summed E-state index contributed by atoms with van der Waals surface area (Å²) in [5.41, 5.74) is 6.00. The molecular formula is C8H17NS2. The average Bonchev–Trinajstić information content (AvgIpc) is 2.04. The van der Waals surface area contributed by atoms with E-state index < -0.39 is 0 Å². The van der Waals surface area contributed by atoms with E-state index in [-0.39, 0.29) is 0 Å². The fourth-order valence-corrected chi connectivity index (χ4v) is 4.34. The molecule has 1 saturated heterocycles. The summed E-state index contributed by atoms with van der Waals surface area (Å²) >= 11 is 4.13. The molecule has 0 bridgehead atoms. The molecular weight excluding hydrogens is 174 g/mol. The quantitative estimate of drug-likeness (QED) is 0.722. The van der Waals surface area contributed by atoms with Gasteiger partial charge >= 0.3 is 0 Å². The van der Waals surface area contributed by atoms with Crippen LogP contribution in [0, 0.1) is 0 Å². The van der Waals surface area contributed by atoms with Gasteiger partial charge in [-0.2, -0.15) is 23.5 Å². The normalized spacial score (nSPS) is 35.2. The molecule has 0 spiro atoms. The maximum absolute atomic E-state index is 6.00. The Bertz CT molecular complexity index is 115. The Kier molecular flexibility index (Phi) is 4.10. The molecule has 3 atom stereocenters. The van der Waals surface area contributed by atoms with E-state index in [1.54, 1.807) is 0 Å². The van der Waals surface area contributed by atoms with Crippen molar-refractivity contribution < 1.29 is 0 Å². The van der Waals surface area contributed by atoms with Crippen LogP contribution >= 0.6 is 23.5 Å². The minimum absolute atomic E-state index is 0.405. The third-order valence-electron chi connectivity index (χ3n) is 2.13. The SMILES string of the molecule is CC[C@H](N)C1SCCSC1C. The van der Waals surface area contributed by atoms with E-state index in [1.165, 1.54) is 11.5 Å². The highest BCUT2D eigenvalue weighted by Crippen LogP contribution is 2.32. The molecule has 2 N–H and O–H groups in total. The lowest BCUT2D eigenvalue weighted by atomic mass is 10.1. The molecule has 0 aliphatic carbocycles. The van der Waals surface area contributed by atoms with Crippen molar-refractivity contribution in [2.45, 2.75) is 36.8 Å². The zero-order valence-corrected chi connectivity index (χ0v) is 8.88. The Hall–Kier alpha value is 0.660. The number of hydrogen-bond acceptors (Lipinski definition) is 3. The lowest BCUT2D eigenvalue weighted by Gasteiger charge is -2.31. The van der Waals surface area contributed by atoms with Crippen LogP contribution in [0.4, 0.5) is 0 Å². The van der Waals surface area contributed by atoms with Crippen molar-refractivity contribution in [3.63, 3.8) is 0 Å². The molecule has 0 saturated carbocycles. The summed E-state index contributed by atoms with van der Waals surface area (Å²) in [6, 6.07) is 0.405. The van der Waals surface area contributed by atoms with Crippen LogP contribution in [0.3, 0.4) is 0 Å². The first-order chi connectivity index (χ1) is 5.25. The van der Waals surface area contributed by atoms with Crippen molar-refractivity contribution in [2.75, 3.05) is 11.5 Å². The van der Waals surface area contributed by atoms with Gasteiger partial charge in [0.05, 0.1) is 0 Å². The third-order valence-corrected chi connectivity index (χ3v) is 5.40. The molecule has 1 heterocycles. The maximum Gasteiger partial charge on any atom is 0.0315 e. The zero-order chi connectivity index (χ0) is 8.27. The van der Waals surface area contributed by atoms with E-state index in [4.69, 9.17) is 5.73 Å². The van der Waals surface area contributed by atoms with Crippen LogP contribution in [0.1, 0.15) is 20.3 Å². The highest BCUT2D eigenvalue weighted by atomic mass is 32.2. The molecule has 0 radical (unpaired) electrons. The highest BCUT2D eigenvalue weighted by Gasteiger charge is 2.26. The first kappa shape index (κ1) is 9.75. The number of nitrogens with two attached hydrogens (primary N) is 1. The first-order valence-corrected chi connectivity index (χ1v) is 6.34. The van der Waals surface area contributed by atoms with Gasteiger partial charge in [0, 0.05) is 28.0 Å². The second-order valence-electron chi connectivity index (χ2n) is 2.98. The van der Waals surface area contributed by atoms with E-state index in [0.717, 1.165) is 11.7 Å². The molecule has 1 aliphatic heterocycles. The molecule has 2 unspecified atom stereocenters. The minimum Gasteiger partial charge on any atom is -0.327 e. The summed E-state index contributed by atoms with van der Waals surface area (Å²) in [5, 5.41) is 1.45. The molecule has 1 aliphatic rings. The van der Waals surface area contributed by atoms with E-state index in [0.29, 0.717) is 11.3 Å². The molecule has 3 heteroatoms. The van der Waals surface area contributed by atoms with Gasteiger partial charge in [-0.05, 0) is 6.42 Å². The Balaban J connectivity index is 2.40. The topological polar surface area (TPSA) is 26.0 Å². The van der Waals surface area contributed by atoms with Crippen LogP contribution in [0.15, 0.2) is 0 Å². The summed E-state index contributed by atoms with van der Waals surface area (Å²) < 4.78 is 0. The van der Waals surface area contributed by atoms with Gasteiger partial charge in [0.1, 0.15) is 0 Å². The summed E-state index contributed by atoms with van der Waals surface area (Å²) in [6.07, 6.45) is 1.11. The summed E-state index contributed by atoms with van der Waals surface area (Å²) in [5.74, 6) is 2.59. The largest absolute Gasteiger partial charge is 0.327 e. The Morgan fingerprint density at radius 3 is 2.64 bits per heavy atom. The van der Waals surface area contributed by atoms with Gasteiger partial charge in [0.2, 0.25) is 0 Å². The molecule has 1 nitrogen and oxygen atoms in total. The van der Waals surface area contributed by atoms with Gasteiger partial charge in [-0.15, -0.1) is 0 Å². The van der Waals surface area contributed by atoms with E-state index in [2.05, 4.69) is 37.4 Å². The molecule has 0 amide bonds. The molecule has 11 heavy (non-hydrogen) atoms. The van der Waals surface area contributed by atoms with Crippen molar-refractivity contribution in [1.82, 2.24) is 0 Å². The van der Waals surface area contributed by atoms with Crippen LogP contribution in [-0.2, 0) is 0 Å². The van der Waals surface area contributed by atoms with Crippen LogP contribution in [0.25, 0.3) is 0 Å². The number of rotatable bonds is 2. The molecule has 1 fully saturated rings. The highest BCUT2D eigenvalue weighted by molar-refractivity contribution is 8.07. The van der Waals surface area contributed by atoms with Crippen molar-refractivity contribution in [3.05, 3.63) is 0 Å². The number of thioether (sulfide) groups is 2. The zero-order valence-electron chi connectivity index (χ0n) is 7.25. The van der Waals surface area contributed by atoms with Gasteiger partial charge in [-0.1, -0.05) is 13.8 Å². The predicted molar refractivity (Wildman–Crippen MR) is 56.4 cm³/mol. The Morgan fingerprint density at radius 2 is 2.09 bits per heavy atom. The van der Waals surface area contributed by atoms with Gasteiger partial charge in [0.25, 0.3) is 0 Å². The maximum atomic E-state index is 6.00. The molecule has 0 aromatic rings. The van der Waals surface area contributed by atoms with Crippen LogP contribution in [0.2, 0.25) is 0 Å². The molecule has 0 aromatic heterocycles. The Morgan fingerprint density at radius 1 is 1.45 bits per heavy atom. The fraction of sp³-hybridized carbons (Fsp3) is 1.00. The molecule has 66 valence electrons. The summed E-state index contributed by atoms with van der Waals surface area (Å²) in [7, 11) is 0. The smallest absolute Gasteiger partial charge is 0.0315 e. The summed E-state index contributed by atoms with van der Waals surface area (Å²) in [6.45, 7) is 4.48. The Labute approximate surface area is 77.9 Å². The van der Waals surface area contributed by atoms with E-state index >= 15 is 0 Å². The fourth-order valence-electron chi connectivity index (χ4n) is 1.35. The second kappa shape index (κ2) is 4.63. The van der Waals surface area contributed by atoms with Gasteiger partial charge < -0.3 is 5.73 Å². The van der Waals surface area contributed by atoms with Crippen molar-refractivity contribution in [2.24, 2.45) is 5.73 Å². The van der Waals surface area contributed by atoms with Gasteiger partial charge in [-0.3, -0.25) is 0 Å².